The van der Waals surface area contributed by atoms with Gasteiger partial charge in [-0.2, -0.15) is 0 Å². The van der Waals surface area contributed by atoms with Gasteiger partial charge in [0.2, 0.25) is 0 Å². The zero-order valence-corrected chi connectivity index (χ0v) is 33.5. The maximum Gasteiger partial charge on any atom is 0.179 e. The van der Waals surface area contributed by atoms with Crippen molar-refractivity contribution in [1.29, 1.82) is 0 Å². The first kappa shape index (κ1) is 34.8. The van der Waals surface area contributed by atoms with Crippen LogP contribution in [0.1, 0.15) is 0 Å². The van der Waals surface area contributed by atoms with Gasteiger partial charge in [-0.15, -0.1) is 0 Å². The highest BCUT2D eigenvalue weighted by Gasteiger charge is 2.41. The van der Waals surface area contributed by atoms with Gasteiger partial charge in [0, 0.05) is 33.2 Å². The van der Waals surface area contributed by atoms with Crippen LogP contribution in [0.2, 0.25) is 0 Å². The zero-order valence-electron chi connectivity index (χ0n) is 32.5. The van der Waals surface area contributed by atoms with Crippen molar-refractivity contribution < 1.29 is 0 Å². The molecule has 0 aliphatic carbocycles. The molecule has 0 unspecified atom stereocenters. The second-order valence-corrected chi connectivity index (χ2v) is 19.1. The Bertz CT molecular complexity index is 3070. The van der Waals surface area contributed by atoms with Crippen LogP contribution in [0.3, 0.4) is 0 Å². The highest BCUT2D eigenvalue weighted by molar-refractivity contribution is 7.19. The summed E-state index contributed by atoms with van der Waals surface area (Å²) in [6, 6.07) is 89.2. The van der Waals surface area contributed by atoms with Crippen LogP contribution in [-0.4, -0.2) is 12.6 Å². The van der Waals surface area contributed by atoms with Gasteiger partial charge in [-0.1, -0.05) is 188 Å². The van der Waals surface area contributed by atoms with Crippen molar-refractivity contribution in [1.82, 2.24) is 4.57 Å². The number of hydrogen-bond acceptors (Lipinski definition) is 1. The van der Waals surface area contributed by atoms with E-state index in [9.17, 15) is 0 Å². The van der Waals surface area contributed by atoms with Crippen molar-refractivity contribution in [2.45, 2.75) is 0 Å². The molecule has 0 N–H and O–H groups in total. The molecule has 0 aliphatic heterocycles. The molecular formula is C56H40N2Si. The third-order valence-corrected chi connectivity index (χ3v) is 16.9. The van der Waals surface area contributed by atoms with Crippen molar-refractivity contribution in [2.24, 2.45) is 0 Å². The third kappa shape index (κ3) is 5.70. The van der Waals surface area contributed by atoms with Gasteiger partial charge in [-0.3, -0.25) is 0 Å². The molecule has 11 aromatic rings. The Balaban J connectivity index is 1.02. The summed E-state index contributed by atoms with van der Waals surface area (Å²) in [5.41, 5.74) is 9.38. The first-order valence-electron chi connectivity index (χ1n) is 20.4. The summed E-state index contributed by atoms with van der Waals surface area (Å²) >= 11 is 0. The molecule has 0 fully saturated rings. The fraction of sp³-hybridized carbons (Fsp3) is 0. The lowest BCUT2D eigenvalue weighted by Gasteiger charge is -2.34. The van der Waals surface area contributed by atoms with Crippen molar-refractivity contribution in [2.75, 3.05) is 4.90 Å². The maximum absolute atomic E-state index is 2.60. The van der Waals surface area contributed by atoms with Gasteiger partial charge in [-0.05, 0) is 91.9 Å². The second kappa shape index (κ2) is 14.5. The summed E-state index contributed by atoms with van der Waals surface area (Å²) in [5.74, 6) is 0. The average molecular weight is 769 g/mol. The van der Waals surface area contributed by atoms with Crippen molar-refractivity contribution in [3.63, 3.8) is 0 Å². The van der Waals surface area contributed by atoms with Gasteiger partial charge in [0.1, 0.15) is 0 Å². The van der Waals surface area contributed by atoms with E-state index in [1.807, 2.05) is 0 Å². The van der Waals surface area contributed by atoms with E-state index < -0.39 is 8.07 Å². The number of benzene rings is 10. The lowest BCUT2D eigenvalue weighted by atomic mass is 9.99. The Morgan fingerprint density at radius 3 is 1.37 bits per heavy atom. The lowest BCUT2D eigenvalue weighted by Crippen LogP contribution is -2.74. The standard InChI is InChI=1S/C56H40N2Si/c1-6-18-44(19-7-1)57(52-39-40-54-56-51(52)38-33-43-17-16-28-53(55(43)56)58(54)45-20-8-2-9-21-45)46-34-29-41(30-35-46)42-31-36-50(37-32-42)59(47-22-10-3-11-23-47,48-24-12-4-13-25-48)49-26-14-5-15-27-49/h1-40H. The van der Waals surface area contributed by atoms with E-state index in [2.05, 4.69) is 252 Å². The minimum absolute atomic E-state index is 1.11. The smallest absolute Gasteiger partial charge is 0.179 e. The highest BCUT2D eigenvalue weighted by atomic mass is 28.3. The second-order valence-electron chi connectivity index (χ2n) is 15.3. The molecule has 0 aliphatic rings. The van der Waals surface area contributed by atoms with Gasteiger partial charge < -0.3 is 9.47 Å². The van der Waals surface area contributed by atoms with Crippen LogP contribution in [0.25, 0.3) is 49.4 Å². The maximum atomic E-state index is 2.41. The molecule has 0 spiro atoms. The topological polar surface area (TPSA) is 8.17 Å². The summed E-state index contributed by atoms with van der Waals surface area (Å²) < 4.78 is 2.41. The highest BCUT2D eigenvalue weighted by Crippen LogP contribution is 2.46. The van der Waals surface area contributed by atoms with Gasteiger partial charge in [0.15, 0.2) is 8.07 Å². The average Bonchev–Trinajstić information content (AvgIpc) is 3.67. The molecule has 0 saturated heterocycles. The normalized spacial score (nSPS) is 11.7. The van der Waals surface area contributed by atoms with E-state index in [0.29, 0.717) is 0 Å². The number of para-hydroxylation sites is 2. The van der Waals surface area contributed by atoms with Crippen LogP contribution in [0, 0.1) is 0 Å². The third-order valence-electron chi connectivity index (χ3n) is 12.1. The molecule has 1 heterocycles. The minimum atomic E-state index is -2.60. The molecule has 59 heavy (non-hydrogen) atoms. The molecule has 0 atom stereocenters. The van der Waals surface area contributed by atoms with Gasteiger partial charge in [-0.25, -0.2) is 0 Å². The van der Waals surface area contributed by atoms with Crippen LogP contribution in [-0.2, 0) is 0 Å². The number of rotatable bonds is 9. The summed E-state index contributed by atoms with van der Waals surface area (Å²) in [6.45, 7) is 0. The Kier molecular flexibility index (Phi) is 8.53. The van der Waals surface area contributed by atoms with Crippen LogP contribution in [0.15, 0.2) is 243 Å². The van der Waals surface area contributed by atoms with E-state index >= 15 is 0 Å². The number of aromatic nitrogens is 1. The van der Waals surface area contributed by atoms with E-state index in [4.69, 9.17) is 0 Å². The monoisotopic (exact) mass is 768 g/mol. The van der Waals surface area contributed by atoms with Crippen molar-refractivity contribution in [3.05, 3.63) is 243 Å². The van der Waals surface area contributed by atoms with Crippen molar-refractivity contribution in [3.8, 4) is 16.8 Å². The van der Waals surface area contributed by atoms with Crippen molar-refractivity contribution >= 4 is 78.5 Å². The van der Waals surface area contributed by atoms with Crippen LogP contribution < -0.4 is 25.6 Å². The lowest BCUT2D eigenvalue weighted by molar-refractivity contribution is 1.18. The molecule has 3 heteroatoms. The fourth-order valence-electron chi connectivity index (χ4n) is 9.51. The first-order valence-corrected chi connectivity index (χ1v) is 22.4. The predicted molar refractivity (Wildman–Crippen MR) is 253 cm³/mol. The van der Waals surface area contributed by atoms with E-state index in [0.717, 1.165) is 17.1 Å². The Morgan fingerprint density at radius 1 is 0.322 bits per heavy atom. The van der Waals surface area contributed by atoms with Gasteiger partial charge in [0.25, 0.3) is 0 Å². The fourth-order valence-corrected chi connectivity index (χ4v) is 14.3. The summed E-state index contributed by atoms with van der Waals surface area (Å²) in [4.78, 5) is 2.41. The first-order chi connectivity index (χ1) is 29.3. The summed E-state index contributed by atoms with van der Waals surface area (Å²) in [7, 11) is -2.60. The van der Waals surface area contributed by atoms with E-state index in [1.54, 1.807) is 0 Å². The molecule has 278 valence electrons. The van der Waals surface area contributed by atoms with Crippen LogP contribution in [0.4, 0.5) is 17.1 Å². The molecule has 10 aromatic carbocycles. The molecule has 1 aromatic heterocycles. The SMILES string of the molecule is c1ccc(N(c2ccc(-c3ccc([Si](c4ccccc4)(c4ccccc4)c4ccccc4)cc3)cc2)c2ccc3c4c2ccc2cccc(c24)n3-c2ccccc2)cc1. The van der Waals surface area contributed by atoms with Crippen LogP contribution in [0.5, 0.6) is 0 Å². The summed E-state index contributed by atoms with van der Waals surface area (Å²) in [5, 5.41) is 10.6. The molecule has 11 rings (SSSR count). The van der Waals surface area contributed by atoms with Gasteiger partial charge in [0.05, 0.1) is 16.7 Å². The number of nitrogens with zero attached hydrogens (tertiary/aromatic N) is 2. The quantitative estimate of drug-likeness (QED) is 0.0806. The summed E-state index contributed by atoms with van der Waals surface area (Å²) in [6.07, 6.45) is 0. The molecule has 0 radical (unpaired) electrons. The molecule has 2 nitrogen and oxygen atoms in total. The molecule has 0 amide bonds. The molecule has 0 saturated carbocycles. The van der Waals surface area contributed by atoms with Crippen LogP contribution >= 0.6 is 0 Å². The zero-order chi connectivity index (χ0) is 39.2. The predicted octanol–water partition coefficient (Wildman–Crippen LogP) is 11.9. The Labute approximate surface area is 345 Å². The minimum Gasteiger partial charge on any atom is -0.310 e. The Hall–Kier alpha value is -7.46. The molecular weight excluding hydrogens is 729 g/mol. The number of anilines is 3. The largest absolute Gasteiger partial charge is 0.310 e. The van der Waals surface area contributed by atoms with Gasteiger partial charge >= 0.3 is 0 Å². The van der Waals surface area contributed by atoms with E-state index in [-0.39, 0.29) is 0 Å². The Morgan fingerprint density at radius 2 is 0.797 bits per heavy atom. The number of hydrogen-bond donors (Lipinski definition) is 0. The molecule has 0 bridgehead atoms. The van der Waals surface area contributed by atoms with E-state index in [1.165, 1.54) is 70.1 Å².